The number of imide groups is 2. The van der Waals surface area contributed by atoms with Crippen LogP contribution in [0.3, 0.4) is 0 Å². The number of nitrogens with zero attached hydrogens (tertiary/aromatic N) is 2. The van der Waals surface area contributed by atoms with Crippen LogP contribution in [-0.2, 0) is 24.6 Å². The third kappa shape index (κ3) is 4.58. The van der Waals surface area contributed by atoms with Gasteiger partial charge in [-0.15, -0.1) is 0 Å². The second-order valence-corrected chi connectivity index (χ2v) is 14.1. The van der Waals surface area contributed by atoms with Crippen molar-refractivity contribution in [2.24, 2.45) is 23.7 Å². The summed E-state index contributed by atoms with van der Waals surface area (Å²) in [6.45, 7) is 2.10. The number of hydrogen-bond donors (Lipinski definition) is 1. The summed E-state index contributed by atoms with van der Waals surface area (Å²) >= 11 is 12.5. The molecule has 4 aliphatic rings. The highest BCUT2D eigenvalue weighted by Crippen LogP contribution is 2.65. The van der Waals surface area contributed by atoms with Crippen LogP contribution in [0.1, 0.15) is 36.8 Å². The molecule has 2 aliphatic heterocycles. The number of anilines is 2. The smallest absolute Gasteiger partial charge is 0.246 e. The van der Waals surface area contributed by atoms with Gasteiger partial charge in [0.1, 0.15) is 0 Å². The Balaban J connectivity index is 1.37. The predicted molar refractivity (Wildman–Crippen MR) is 189 cm³/mol. The van der Waals surface area contributed by atoms with Gasteiger partial charge in [0, 0.05) is 21.5 Å². The van der Waals surface area contributed by atoms with E-state index in [2.05, 4.69) is 0 Å². The maximum Gasteiger partial charge on any atom is 0.246 e. The number of amides is 4. The van der Waals surface area contributed by atoms with Crippen molar-refractivity contribution < 1.29 is 29.0 Å². The van der Waals surface area contributed by atoms with Crippen molar-refractivity contribution in [2.75, 3.05) is 16.4 Å². The van der Waals surface area contributed by atoms with E-state index in [-0.39, 0.29) is 36.2 Å². The molecule has 2 saturated heterocycles. The van der Waals surface area contributed by atoms with Gasteiger partial charge in [-0.3, -0.25) is 24.1 Å². The topological polar surface area (TPSA) is 104 Å². The van der Waals surface area contributed by atoms with E-state index in [1.807, 2.05) is 43.3 Å². The lowest BCUT2D eigenvalue weighted by atomic mass is 9.49. The first kappa shape index (κ1) is 32.3. The fourth-order valence-corrected chi connectivity index (χ4v) is 9.29. The number of benzene rings is 4. The molecule has 0 unspecified atom stereocenters. The Morgan fingerprint density at radius 1 is 0.780 bits per heavy atom. The molecule has 1 saturated carbocycles. The zero-order chi connectivity index (χ0) is 34.9. The minimum Gasteiger partial charge on any atom is -0.504 e. The maximum atomic E-state index is 15.4. The molecule has 252 valence electrons. The van der Waals surface area contributed by atoms with E-state index in [1.54, 1.807) is 66.7 Å². The number of fused-ring (bicyclic) bond motifs is 4. The van der Waals surface area contributed by atoms with Crippen LogP contribution in [0.15, 0.2) is 109 Å². The molecule has 2 heterocycles. The normalized spacial score (nSPS) is 27.2. The van der Waals surface area contributed by atoms with Crippen LogP contribution >= 0.6 is 23.2 Å². The van der Waals surface area contributed by atoms with Crippen LogP contribution in [-0.4, -0.2) is 35.3 Å². The highest BCUT2D eigenvalue weighted by atomic mass is 35.5. The third-order valence-corrected chi connectivity index (χ3v) is 11.4. The number of allylic oxidation sites excluding steroid dienone is 2. The van der Waals surface area contributed by atoms with Crippen molar-refractivity contribution in [1.82, 2.24) is 0 Å². The van der Waals surface area contributed by atoms with Gasteiger partial charge in [-0.2, -0.15) is 0 Å². The summed E-state index contributed by atoms with van der Waals surface area (Å²) in [4.78, 5) is 61.1. The summed E-state index contributed by atoms with van der Waals surface area (Å²) in [5.74, 6) is -5.32. The monoisotopic (exact) mass is 706 g/mol. The van der Waals surface area contributed by atoms with Gasteiger partial charge in [0.05, 0.1) is 41.2 Å². The highest BCUT2D eigenvalue weighted by molar-refractivity contribution is 6.32. The third-order valence-electron chi connectivity index (χ3n) is 10.9. The van der Waals surface area contributed by atoms with Crippen LogP contribution in [0.4, 0.5) is 11.4 Å². The lowest BCUT2D eigenvalue weighted by Crippen LogP contribution is -2.53. The van der Waals surface area contributed by atoms with Gasteiger partial charge in [0.2, 0.25) is 23.6 Å². The van der Waals surface area contributed by atoms with E-state index in [0.717, 1.165) is 5.57 Å². The maximum absolute atomic E-state index is 15.4. The average Bonchev–Trinajstić information content (AvgIpc) is 3.51. The number of aromatic hydroxyl groups is 1. The molecule has 0 radical (unpaired) electrons. The number of phenols is 1. The van der Waals surface area contributed by atoms with E-state index >= 15 is 4.79 Å². The number of hydrogen-bond acceptors (Lipinski definition) is 6. The SMILES string of the molecule is CCOc1cccc([C@H]2C3=CC[C@@H]4C(=O)N(c5ccc(Cl)cc5)C(=O)[C@@H]4[C@@H]3C[C@H]3C(=O)N(c4cccc(Cl)c4)C(=O)[C@@]23c2ccccc2)c1O. The minimum absolute atomic E-state index is 0.138. The Hall–Kier alpha value is -4.92. The van der Waals surface area contributed by atoms with Crippen LogP contribution in [0.2, 0.25) is 10.0 Å². The molecule has 0 bridgehead atoms. The van der Waals surface area contributed by atoms with Crippen LogP contribution in [0, 0.1) is 23.7 Å². The molecule has 1 N–H and O–H groups in total. The van der Waals surface area contributed by atoms with Gasteiger partial charge in [-0.25, -0.2) is 4.90 Å². The van der Waals surface area contributed by atoms with Crippen molar-refractivity contribution in [3.63, 3.8) is 0 Å². The van der Waals surface area contributed by atoms with Crippen molar-refractivity contribution in [3.05, 3.63) is 130 Å². The number of para-hydroxylation sites is 1. The predicted octanol–water partition coefficient (Wildman–Crippen LogP) is 7.46. The Kier molecular flexibility index (Phi) is 7.84. The van der Waals surface area contributed by atoms with Gasteiger partial charge in [0.25, 0.3) is 0 Å². The largest absolute Gasteiger partial charge is 0.504 e. The van der Waals surface area contributed by atoms with Crippen molar-refractivity contribution in [3.8, 4) is 11.5 Å². The summed E-state index contributed by atoms with van der Waals surface area (Å²) in [6, 6.07) is 27.5. The van der Waals surface area contributed by atoms with Gasteiger partial charge in [0.15, 0.2) is 11.5 Å². The first-order valence-electron chi connectivity index (χ1n) is 16.7. The lowest BCUT2D eigenvalue weighted by Gasteiger charge is -2.50. The van der Waals surface area contributed by atoms with E-state index in [0.29, 0.717) is 39.2 Å². The molecule has 0 aromatic heterocycles. The lowest BCUT2D eigenvalue weighted by molar-refractivity contribution is -0.127. The van der Waals surface area contributed by atoms with E-state index in [9.17, 15) is 19.5 Å². The van der Waals surface area contributed by atoms with E-state index in [1.165, 1.54) is 9.80 Å². The summed E-state index contributed by atoms with van der Waals surface area (Å²) < 4.78 is 5.82. The minimum atomic E-state index is -1.51. The number of carbonyl (C=O) groups is 4. The standard InChI is InChI=1S/C40H32Cl2N2O6/c1-2-50-32-13-7-12-29(35(32)45)34-27-18-19-28-33(38(48)43(36(28)46)25-16-14-23(41)15-17-25)30(27)21-31-37(47)44(26-11-6-10-24(42)20-26)39(49)40(31,34)22-8-4-3-5-9-22/h3-18,20,28,30-31,33-34,45H,2,19,21H2,1H3/t28-,30+,31-,33-,34+,40+/m0/s1. The summed E-state index contributed by atoms with van der Waals surface area (Å²) in [5, 5.41) is 12.7. The fourth-order valence-electron chi connectivity index (χ4n) is 8.98. The summed E-state index contributed by atoms with van der Waals surface area (Å²) in [5.41, 5.74) is 0.992. The van der Waals surface area contributed by atoms with Crippen molar-refractivity contribution in [2.45, 2.75) is 31.1 Å². The first-order chi connectivity index (χ1) is 24.2. The van der Waals surface area contributed by atoms with Gasteiger partial charge >= 0.3 is 0 Å². The second-order valence-electron chi connectivity index (χ2n) is 13.2. The number of phenolic OH excluding ortho intramolecular Hbond substituents is 1. The highest BCUT2D eigenvalue weighted by Gasteiger charge is 2.70. The van der Waals surface area contributed by atoms with Crippen molar-refractivity contribution >= 4 is 58.2 Å². The Bertz CT molecular complexity index is 2100. The fraction of sp³-hybridized carbons (Fsp3) is 0.250. The first-order valence-corrected chi connectivity index (χ1v) is 17.4. The number of halogens is 2. The van der Waals surface area contributed by atoms with Crippen molar-refractivity contribution in [1.29, 1.82) is 0 Å². The van der Waals surface area contributed by atoms with Crippen LogP contribution < -0.4 is 14.5 Å². The van der Waals surface area contributed by atoms with Gasteiger partial charge < -0.3 is 9.84 Å². The van der Waals surface area contributed by atoms with E-state index < -0.39 is 46.8 Å². The molecule has 0 spiro atoms. The molecule has 2 aliphatic carbocycles. The molecule has 10 heteroatoms. The zero-order valence-electron chi connectivity index (χ0n) is 27.0. The molecule has 4 amide bonds. The second kappa shape index (κ2) is 12.1. The molecular weight excluding hydrogens is 675 g/mol. The molecule has 4 aromatic rings. The Morgan fingerprint density at radius 2 is 1.52 bits per heavy atom. The van der Waals surface area contributed by atoms with Crippen LogP contribution in [0.5, 0.6) is 11.5 Å². The molecule has 8 rings (SSSR count). The molecule has 50 heavy (non-hydrogen) atoms. The quantitative estimate of drug-likeness (QED) is 0.165. The Labute approximate surface area is 298 Å². The number of rotatable bonds is 6. The molecule has 6 atom stereocenters. The van der Waals surface area contributed by atoms with E-state index in [4.69, 9.17) is 27.9 Å². The summed E-state index contributed by atoms with van der Waals surface area (Å²) in [6.07, 6.45) is 2.35. The molecule has 8 nitrogen and oxygen atoms in total. The molecule has 3 fully saturated rings. The van der Waals surface area contributed by atoms with Gasteiger partial charge in [-0.05, 0) is 79.8 Å². The Morgan fingerprint density at radius 3 is 2.24 bits per heavy atom. The molecule has 4 aromatic carbocycles. The zero-order valence-corrected chi connectivity index (χ0v) is 28.5. The number of carbonyl (C=O) groups excluding carboxylic acids is 4. The van der Waals surface area contributed by atoms with Crippen LogP contribution in [0.25, 0.3) is 0 Å². The van der Waals surface area contributed by atoms with Gasteiger partial charge in [-0.1, -0.05) is 83.4 Å². The average molecular weight is 708 g/mol. The number of ether oxygens (including phenoxy) is 1. The summed E-state index contributed by atoms with van der Waals surface area (Å²) in [7, 11) is 0. The molecular formula is C40H32Cl2N2O6.